The van der Waals surface area contributed by atoms with Gasteiger partial charge in [-0.3, -0.25) is 9.80 Å². The van der Waals surface area contributed by atoms with E-state index in [0.717, 1.165) is 64.3 Å². The van der Waals surface area contributed by atoms with Crippen molar-refractivity contribution in [1.82, 2.24) is 19.8 Å². The van der Waals surface area contributed by atoms with Gasteiger partial charge in [0.15, 0.2) is 0 Å². The number of benzene rings is 1. The van der Waals surface area contributed by atoms with Gasteiger partial charge >= 0.3 is 0 Å². The third kappa shape index (κ3) is 5.04. The van der Waals surface area contributed by atoms with Crippen molar-refractivity contribution < 1.29 is 13.9 Å². The molecule has 2 saturated heterocycles. The van der Waals surface area contributed by atoms with Crippen LogP contribution in [0.5, 0.6) is 5.75 Å². The monoisotopic (exact) mass is 386 g/mol. The first-order valence-electron chi connectivity index (χ1n) is 9.92. The van der Waals surface area contributed by atoms with Crippen molar-refractivity contribution in [3.8, 4) is 5.75 Å². The van der Waals surface area contributed by atoms with Crippen LogP contribution < -0.4 is 4.74 Å². The van der Waals surface area contributed by atoms with E-state index in [-0.39, 0.29) is 11.4 Å². The topological polar surface area (TPSA) is 50.7 Å². The van der Waals surface area contributed by atoms with Gasteiger partial charge in [0.25, 0.3) is 0 Å². The van der Waals surface area contributed by atoms with E-state index in [0.29, 0.717) is 12.4 Å². The highest BCUT2D eigenvalue weighted by molar-refractivity contribution is 5.22. The van der Waals surface area contributed by atoms with Crippen LogP contribution in [-0.2, 0) is 11.3 Å². The van der Waals surface area contributed by atoms with Gasteiger partial charge in [0.1, 0.15) is 24.5 Å². The number of morpholine rings is 1. The van der Waals surface area contributed by atoms with E-state index in [1.54, 1.807) is 18.5 Å². The second-order valence-corrected chi connectivity index (χ2v) is 7.63. The molecular weight excluding hydrogens is 359 g/mol. The molecule has 0 N–H and O–H groups in total. The maximum atomic E-state index is 13.0. The molecule has 1 aromatic heterocycles. The standard InChI is InChI=1S/C21H27FN4O2/c22-19-1-3-20(4-2-19)27-11-9-26-10-12-28-21(16-26)5-7-25(8-6-21)15-18-13-23-17-24-14-18/h1-4,13-14,17H,5-12,15-16H2. The highest BCUT2D eigenvalue weighted by Gasteiger charge is 2.39. The van der Waals surface area contributed by atoms with E-state index in [1.807, 2.05) is 12.4 Å². The van der Waals surface area contributed by atoms with Crippen LogP contribution in [0.3, 0.4) is 0 Å². The van der Waals surface area contributed by atoms with Crippen molar-refractivity contribution in [1.29, 1.82) is 0 Å². The zero-order chi connectivity index (χ0) is 19.2. The van der Waals surface area contributed by atoms with E-state index in [4.69, 9.17) is 9.47 Å². The van der Waals surface area contributed by atoms with Crippen molar-refractivity contribution in [2.75, 3.05) is 45.9 Å². The fourth-order valence-electron chi connectivity index (χ4n) is 4.03. The van der Waals surface area contributed by atoms with Crippen LogP contribution in [0.4, 0.5) is 4.39 Å². The molecule has 7 heteroatoms. The second-order valence-electron chi connectivity index (χ2n) is 7.63. The van der Waals surface area contributed by atoms with Gasteiger partial charge in [0.05, 0.1) is 12.2 Å². The van der Waals surface area contributed by atoms with E-state index < -0.39 is 0 Å². The minimum Gasteiger partial charge on any atom is -0.492 e. The first kappa shape index (κ1) is 19.2. The van der Waals surface area contributed by atoms with Gasteiger partial charge in [-0.1, -0.05) is 0 Å². The van der Waals surface area contributed by atoms with Crippen LogP contribution >= 0.6 is 0 Å². The van der Waals surface area contributed by atoms with Crippen LogP contribution in [0.2, 0.25) is 0 Å². The zero-order valence-corrected chi connectivity index (χ0v) is 16.1. The summed E-state index contributed by atoms with van der Waals surface area (Å²) in [4.78, 5) is 13.1. The third-order valence-corrected chi connectivity index (χ3v) is 5.60. The number of hydrogen-bond donors (Lipinski definition) is 0. The van der Waals surface area contributed by atoms with Gasteiger partial charge in [-0.15, -0.1) is 0 Å². The lowest BCUT2D eigenvalue weighted by atomic mass is 9.89. The van der Waals surface area contributed by atoms with Crippen LogP contribution in [-0.4, -0.2) is 71.3 Å². The molecule has 150 valence electrons. The van der Waals surface area contributed by atoms with Crippen molar-refractivity contribution in [2.45, 2.75) is 25.0 Å². The van der Waals surface area contributed by atoms with Crippen LogP contribution in [0, 0.1) is 5.82 Å². The Morgan fingerprint density at radius 1 is 1.04 bits per heavy atom. The first-order valence-corrected chi connectivity index (χ1v) is 9.92. The van der Waals surface area contributed by atoms with Gasteiger partial charge in [-0.25, -0.2) is 14.4 Å². The van der Waals surface area contributed by atoms with E-state index in [9.17, 15) is 4.39 Å². The number of rotatable bonds is 6. The molecule has 0 atom stereocenters. The smallest absolute Gasteiger partial charge is 0.123 e. The molecule has 28 heavy (non-hydrogen) atoms. The Morgan fingerprint density at radius 3 is 2.54 bits per heavy atom. The Balaban J connectivity index is 1.23. The van der Waals surface area contributed by atoms with Crippen molar-refractivity contribution in [2.24, 2.45) is 0 Å². The lowest BCUT2D eigenvalue weighted by molar-refractivity contribution is -0.137. The summed E-state index contributed by atoms with van der Waals surface area (Å²) in [7, 11) is 0. The van der Waals surface area contributed by atoms with E-state index >= 15 is 0 Å². The predicted molar refractivity (Wildman–Crippen MR) is 104 cm³/mol. The highest BCUT2D eigenvalue weighted by atomic mass is 19.1. The summed E-state index contributed by atoms with van der Waals surface area (Å²) < 4.78 is 25.0. The Bertz CT molecular complexity index is 736. The van der Waals surface area contributed by atoms with Gasteiger partial charge in [-0.2, -0.15) is 0 Å². The molecule has 0 saturated carbocycles. The summed E-state index contributed by atoms with van der Waals surface area (Å²) >= 11 is 0. The maximum Gasteiger partial charge on any atom is 0.123 e. The number of aromatic nitrogens is 2. The largest absolute Gasteiger partial charge is 0.492 e. The average molecular weight is 386 g/mol. The fraction of sp³-hybridized carbons (Fsp3) is 0.524. The minimum atomic E-state index is -0.242. The zero-order valence-electron chi connectivity index (χ0n) is 16.1. The molecule has 0 bridgehead atoms. The molecule has 0 unspecified atom stereocenters. The van der Waals surface area contributed by atoms with Crippen molar-refractivity contribution in [3.05, 3.63) is 54.4 Å². The number of likely N-dealkylation sites (tertiary alicyclic amines) is 1. The maximum absolute atomic E-state index is 13.0. The number of ether oxygens (including phenoxy) is 2. The van der Waals surface area contributed by atoms with Crippen molar-refractivity contribution >= 4 is 0 Å². The van der Waals surface area contributed by atoms with Crippen molar-refractivity contribution in [3.63, 3.8) is 0 Å². The SMILES string of the molecule is Fc1ccc(OCCN2CCOC3(CCN(Cc4cncnc4)CC3)C2)cc1. The summed E-state index contributed by atoms with van der Waals surface area (Å²) in [6.45, 7) is 7.04. The molecule has 4 rings (SSSR count). The molecule has 1 spiro atoms. The first-order chi connectivity index (χ1) is 13.7. The van der Waals surface area contributed by atoms with Gasteiger partial charge in [0.2, 0.25) is 0 Å². The van der Waals surface area contributed by atoms with E-state index in [2.05, 4.69) is 19.8 Å². The van der Waals surface area contributed by atoms with Crippen LogP contribution in [0.15, 0.2) is 43.0 Å². The Morgan fingerprint density at radius 2 is 1.79 bits per heavy atom. The normalized spacial score (nSPS) is 20.3. The molecule has 6 nitrogen and oxygen atoms in total. The number of nitrogens with zero attached hydrogens (tertiary/aromatic N) is 4. The van der Waals surface area contributed by atoms with Gasteiger partial charge in [-0.05, 0) is 37.1 Å². The molecule has 2 aliphatic heterocycles. The summed E-state index contributed by atoms with van der Waals surface area (Å²) in [5, 5.41) is 0. The summed E-state index contributed by atoms with van der Waals surface area (Å²) in [5.41, 5.74) is 1.11. The molecule has 3 heterocycles. The predicted octanol–water partition coefficient (Wildman–Crippen LogP) is 2.36. The quantitative estimate of drug-likeness (QED) is 0.760. The van der Waals surface area contributed by atoms with Crippen LogP contribution in [0.25, 0.3) is 0 Å². The minimum absolute atomic E-state index is 0.0438. The summed E-state index contributed by atoms with van der Waals surface area (Å²) in [5.74, 6) is 0.469. The highest BCUT2D eigenvalue weighted by Crippen LogP contribution is 2.30. The number of hydrogen-bond acceptors (Lipinski definition) is 6. The Kier molecular flexibility index (Phi) is 6.14. The molecule has 2 fully saturated rings. The van der Waals surface area contributed by atoms with E-state index in [1.165, 1.54) is 12.1 Å². The lowest BCUT2D eigenvalue weighted by Gasteiger charge is -2.47. The van der Waals surface area contributed by atoms with Crippen LogP contribution in [0.1, 0.15) is 18.4 Å². The van der Waals surface area contributed by atoms with Gasteiger partial charge in [0, 0.05) is 57.2 Å². The summed E-state index contributed by atoms with van der Waals surface area (Å²) in [6, 6.07) is 6.19. The average Bonchev–Trinajstić information content (AvgIpc) is 2.73. The number of piperidine rings is 1. The summed E-state index contributed by atoms with van der Waals surface area (Å²) in [6.07, 6.45) is 7.42. The molecule has 0 amide bonds. The number of halogens is 1. The Hall–Kier alpha value is -2.09. The Labute approximate surface area is 165 Å². The molecule has 1 aromatic carbocycles. The molecular formula is C21H27FN4O2. The van der Waals surface area contributed by atoms with Gasteiger partial charge < -0.3 is 9.47 Å². The third-order valence-electron chi connectivity index (χ3n) is 5.60. The second kappa shape index (κ2) is 8.94. The fourth-order valence-corrected chi connectivity index (χ4v) is 4.03. The lowest BCUT2D eigenvalue weighted by Crippen LogP contribution is -2.57. The molecule has 0 aliphatic carbocycles. The molecule has 2 aromatic rings. The molecule has 0 radical (unpaired) electrons. The molecule has 2 aliphatic rings.